The topological polar surface area (TPSA) is 32.3 Å². The van der Waals surface area contributed by atoms with Gasteiger partial charge in [-0.05, 0) is 43.9 Å². The summed E-state index contributed by atoms with van der Waals surface area (Å²) >= 11 is 5.93. The van der Waals surface area contributed by atoms with Crippen molar-refractivity contribution in [3.8, 4) is 0 Å². The van der Waals surface area contributed by atoms with Gasteiger partial charge in [-0.1, -0.05) is 41.5 Å². The van der Waals surface area contributed by atoms with Crippen LogP contribution in [0.4, 0.5) is 0 Å². The highest BCUT2D eigenvalue weighted by atomic mass is 35.5. The lowest BCUT2D eigenvalue weighted by Gasteiger charge is -2.33. The highest BCUT2D eigenvalue weighted by molar-refractivity contribution is 6.30. The van der Waals surface area contributed by atoms with Crippen molar-refractivity contribution < 1.29 is 4.79 Å². The molecule has 0 radical (unpaired) electrons. The van der Waals surface area contributed by atoms with Gasteiger partial charge in [-0.3, -0.25) is 9.69 Å². The number of rotatable bonds is 4. The minimum Gasteiger partial charge on any atom is -0.348 e. The van der Waals surface area contributed by atoms with Gasteiger partial charge in [-0.25, -0.2) is 0 Å². The Labute approximate surface area is 143 Å². The number of carbonyl (C=O) groups is 1. The van der Waals surface area contributed by atoms with Crippen LogP contribution in [0, 0.1) is 0 Å². The van der Waals surface area contributed by atoms with Gasteiger partial charge >= 0.3 is 0 Å². The SMILES string of the molecule is O=C(NCC1=CCN(C2C=CCCC2)CC1)c1cccc(Cl)c1. The Balaban J connectivity index is 1.49. The molecule has 1 atom stereocenters. The van der Waals surface area contributed by atoms with Gasteiger partial charge in [0, 0.05) is 36.3 Å². The molecule has 1 aromatic rings. The molecule has 1 unspecified atom stereocenters. The monoisotopic (exact) mass is 330 g/mol. The summed E-state index contributed by atoms with van der Waals surface area (Å²) in [4.78, 5) is 14.7. The maximum Gasteiger partial charge on any atom is 0.251 e. The van der Waals surface area contributed by atoms with E-state index < -0.39 is 0 Å². The fourth-order valence-corrected chi connectivity index (χ4v) is 3.40. The van der Waals surface area contributed by atoms with Gasteiger partial charge in [0.15, 0.2) is 0 Å². The molecule has 0 aromatic heterocycles. The second-order valence-electron chi connectivity index (χ2n) is 6.23. The van der Waals surface area contributed by atoms with E-state index in [1.807, 2.05) is 0 Å². The number of nitrogens with zero attached hydrogens (tertiary/aromatic N) is 1. The molecule has 0 saturated heterocycles. The van der Waals surface area contributed by atoms with Crippen LogP contribution in [0.2, 0.25) is 5.02 Å². The first-order valence-corrected chi connectivity index (χ1v) is 8.72. The Bertz CT molecular complexity index is 624. The standard InChI is InChI=1S/C19H23ClN2O/c20-17-6-4-5-16(13-17)19(23)21-14-15-9-11-22(12-10-15)18-7-2-1-3-8-18/h2,4-7,9,13,18H,1,3,8,10-12,14H2,(H,21,23). The van der Waals surface area contributed by atoms with Gasteiger partial charge in [-0.2, -0.15) is 0 Å². The fourth-order valence-electron chi connectivity index (χ4n) is 3.21. The van der Waals surface area contributed by atoms with Crippen LogP contribution >= 0.6 is 11.6 Å². The number of allylic oxidation sites excluding steroid dienone is 1. The van der Waals surface area contributed by atoms with Crippen molar-refractivity contribution in [2.24, 2.45) is 0 Å². The smallest absolute Gasteiger partial charge is 0.251 e. The number of halogens is 1. The Morgan fingerprint density at radius 1 is 1.39 bits per heavy atom. The summed E-state index contributed by atoms with van der Waals surface area (Å²) < 4.78 is 0. The zero-order valence-electron chi connectivity index (χ0n) is 13.3. The van der Waals surface area contributed by atoms with Crippen molar-refractivity contribution in [1.29, 1.82) is 0 Å². The minimum absolute atomic E-state index is 0.0638. The maximum atomic E-state index is 12.1. The molecule has 1 N–H and O–H groups in total. The van der Waals surface area contributed by atoms with Crippen molar-refractivity contribution in [2.45, 2.75) is 31.7 Å². The largest absolute Gasteiger partial charge is 0.348 e. The summed E-state index contributed by atoms with van der Waals surface area (Å²) in [5.74, 6) is -0.0638. The van der Waals surface area contributed by atoms with E-state index in [9.17, 15) is 4.79 Å². The average molecular weight is 331 g/mol. The van der Waals surface area contributed by atoms with Crippen LogP contribution in [0.15, 0.2) is 48.1 Å². The van der Waals surface area contributed by atoms with E-state index in [0.29, 0.717) is 23.2 Å². The lowest BCUT2D eigenvalue weighted by Crippen LogP contribution is -2.39. The average Bonchev–Trinajstić information content (AvgIpc) is 2.61. The van der Waals surface area contributed by atoms with Crippen LogP contribution in [-0.2, 0) is 0 Å². The van der Waals surface area contributed by atoms with E-state index in [0.717, 1.165) is 19.5 Å². The highest BCUT2D eigenvalue weighted by Gasteiger charge is 2.20. The lowest BCUT2D eigenvalue weighted by atomic mass is 9.99. The van der Waals surface area contributed by atoms with Crippen molar-refractivity contribution in [3.05, 3.63) is 58.7 Å². The van der Waals surface area contributed by atoms with Gasteiger partial charge in [0.05, 0.1) is 0 Å². The number of benzene rings is 1. The van der Waals surface area contributed by atoms with E-state index in [-0.39, 0.29) is 5.91 Å². The van der Waals surface area contributed by atoms with Crippen molar-refractivity contribution in [3.63, 3.8) is 0 Å². The molecule has 0 fully saturated rings. The molecular weight excluding hydrogens is 308 g/mol. The minimum atomic E-state index is -0.0638. The summed E-state index contributed by atoms with van der Waals surface area (Å²) in [7, 11) is 0. The molecule has 1 aliphatic heterocycles. The van der Waals surface area contributed by atoms with E-state index in [2.05, 4.69) is 28.4 Å². The van der Waals surface area contributed by atoms with Crippen molar-refractivity contribution >= 4 is 17.5 Å². The molecule has 1 aliphatic carbocycles. The van der Waals surface area contributed by atoms with Gasteiger partial charge < -0.3 is 5.32 Å². The first-order chi connectivity index (χ1) is 11.2. The lowest BCUT2D eigenvalue weighted by molar-refractivity contribution is 0.0956. The zero-order valence-corrected chi connectivity index (χ0v) is 14.1. The second-order valence-corrected chi connectivity index (χ2v) is 6.66. The Kier molecular flexibility index (Phi) is 5.52. The fraction of sp³-hybridized carbons (Fsp3) is 0.421. The van der Waals surface area contributed by atoms with E-state index in [1.165, 1.54) is 24.8 Å². The van der Waals surface area contributed by atoms with Crippen LogP contribution in [-0.4, -0.2) is 36.5 Å². The Hall–Kier alpha value is -1.58. The number of carbonyl (C=O) groups excluding carboxylic acids is 1. The molecule has 2 aliphatic rings. The zero-order chi connectivity index (χ0) is 16.1. The third kappa shape index (κ3) is 4.46. The number of nitrogens with one attached hydrogen (secondary N) is 1. The first-order valence-electron chi connectivity index (χ1n) is 8.35. The summed E-state index contributed by atoms with van der Waals surface area (Å²) in [6.45, 7) is 2.69. The quantitative estimate of drug-likeness (QED) is 0.851. The van der Waals surface area contributed by atoms with Gasteiger partial charge in [0.2, 0.25) is 0 Å². The summed E-state index contributed by atoms with van der Waals surface area (Å²) in [6, 6.07) is 7.66. The predicted molar refractivity (Wildman–Crippen MR) is 94.8 cm³/mol. The summed E-state index contributed by atoms with van der Waals surface area (Å²) in [5.41, 5.74) is 1.93. The van der Waals surface area contributed by atoms with Gasteiger partial charge in [0.25, 0.3) is 5.91 Å². The summed E-state index contributed by atoms with van der Waals surface area (Å²) in [6.07, 6.45) is 11.7. The Morgan fingerprint density at radius 2 is 2.30 bits per heavy atom. The van der Waals surface area contributed by atoms with Crippen LogP contribution in [0.1, 0.15) is 36.0 Å². The first kappa shape index (κ1) is 16.3. The van der Waals surface area contributed by atoms with Crippen LogP contribution in [0.25, 0.3) is 0 Å². The van der Waals surface area contributed by atoms with Gasteiger partial charge in [0.1, 0.15) is 0 Å². The molecule has 0 bridgehead atoms. The molecule has 23 heavy (non-hydrogen) atoms. The van der Waals surface area contributed by atoms with E-state index >= 15 is 0 Å². The Morgan fingerprint density at radius 3 is 3.00 bits per heavy atom. The second kappa shape index (κ2) is 7.80. The number of hydrogen-bond acceptors (Lipinski definition) is 2. The van der Waals surface area contributed by atoms with Crippen LogP contribution in [0.3, 0.4) is 0 Å². The molecule has 0 saturated carbocycles. The van der Waals surface area contributed by atoms with Crippen LogP contribution < -0.4 is 5.32 Å². The number of amides is 1. The van der Waals surface area contributed by atoms with E-state index in [4.69, 9.17) is 11.6 Å². The molecule has 1 heterocycles. The van der Waals surface area contributed by atoms with Crippen molar-refractivity contribution in [2.75, 3.05) is 19.6 Å². The third-order valence-electron chi connectivity index (χ3n) is 4.60. The molecule has 4 heteroatoms. The van der Waals surface area contributed by atoms with E-state index in [1.54, 1.807) is 24.3 Å². The summed E-state index contributed by atoms with van der Waals surface area (Å²) in [5, 5.41) is 3.58. The third-order valence-corrected chi connectivity index (χ3v) is 4.83. The predicted octanol–water partition coefficient (Wildman–Crippen LogP) is 3.81. The maximum absolute atomic E-state index is 12.1. The molecule has 122 valence electrons. The van der Waals surface area contributed by atoms with Crippen LogP contribution in [0.5, 0.6) is 0 Å². The van der Waals surface area contributed by atoms with Crippen molar-refractivity contribution in [1.82, 2.24) is 10.2 Å². The van der Waals surface area contributed by atoms with Gasteiger partial charge in [-0.15, -0.1) is 0 Å². The molecular formula is C19H23ClN2O. The molecule has 0 spiro atoms. The highest BCUT2D eigenvalue weighted by Crippen LogP contribution is 2.20. The molecule has 3 nitrogen and oxygen atoms in total. The molecule has 1 aromatic carbocycles. The normalized spacial score (nSPS) is 21.8. The molecule has 1 amide bonds. The molecule has 3 rings (SSSR count). The number of hydrogen-bond donors (Lipinski definition) is 1.